The van der Waals surface area contributed by atoms with E-state index in [1.807, 2.05) is 18.9 Å². The van der Waals surface area contributed by atoms with Gasteiger partial charge in [0, 0.05) is 69.9 Å². The molecule has 1 fully saturated rings. The van der Waals surface area contributed by atoms with Crippen molar-refractivity contribution in [2.24, 2.45) is 0 Å². The molecule has 5 rings (SSSR count). The third kappa shape index (κ3) is 4.88. The van der Waals surface area contributed by atoms with Crippen LogP contribution in [-0.4, -0.2) is 104 Å². The van der Waals surface area contributed by atoms with E-state index in [9.17, 15) is 18.0 Å². The van der Waals surface area contributed by atoms with E-state index in [2.05, 4.69) is 5.43 Å². The van der Waals surface area contributed by atoms with Gasteiger partial charge in [0.25, 0.3) is 10.0 Å². The van der Waals surface area contributed by atoms with Crippen molar-refractivity contribution in [2.45, 2.75) is 36.2 Å². The Morgan fingerprint density at radius 2 is 1.97 bits per heavy atom. The van der Waals surface area contributed by atoms with Crippen LogP contribution < -0.4 is 5.43 Å². The molecule has 0 spiro atoms. The number of hydrogen-bond acceptors (Lipinski definition) is 8. The number of thiophene rings is 1. The smallest absolute Gasteiger partial charge is 0.339 e. The molecule has 14 heteroatoms. The summed E-state index contributed by atoms with van der Waals surface area (Å²) in [5.74, 6) is 0.362. The van der Waals surface area contributed by atoms with Crippen molar-refractivity contribution < 1.29 is 22.7 Å². The van der Waals surface area contributed by atoms with Crippen molar-refractivity contribution >= 4 is 55.0 Å². The summed E-state index contributed by atoms with van der Waals surface area (Å²) in [6, 6.07) is 5.96. The molecule has 1 aromatic heterocycles. The first-order valence-electron chi connectivity index (χ1n) is 12.3. The number of ether oxygens (including phenoxy) is 1. The van der Waals surface area contributed by atoms with Gasteiger partial charge in [0.15, 0.2) is 6.23 Å². The van der Waals surface area contributed by atoms with Crippen molar-refractivity contribution in [3.8, 4) is 0 Å². The minimum Gasteiger partial charge on any atom is -0.453 e. The van der Waals surface area contributed by atoms with Gasteiger partial charge in [-0.3, -0.25) is 10.2 Å². The van der Waals surface area contributed by atoms with Gasteiger partial charge in [-0.15, -0.1) is 11.3 Å². The highest BCUT2D eigenvalue weighted by molar-refractivity contribution is 7.91. The molecule has 2 atom stereocenters. The van der Waals surface area contributed by atoms with Crippen LogP contribution in [0.5, 0.6) is 0 Å². The van der Waals surface area contributed by atoms with Crippen LogP contribution in [0, 0.1) is 0 Å². The van der Waals surface area contributed by atoms with Crippen LogP contribution in [0.4, 0.5) is 4.79 Å². The Bertz CT molecular complexity index is 1410. The molecule has 0 radical (unpaired) electrons. The quantitative estimate of drug-likeness (QED) is 0.590. The van der Waals surface area contributed by atoms with Gasteiger partial charge in [0.05, 0.1) is 11.7 Å². The molecule has 0 bridgehead atoms. The van der Waals surface area contributed by atoms with E-state index in [0.717, 1.165) is 27.1 Å². The first-order chi connectivity index (χ1) is 18.0. The van der Waals surface area contributed by atoms with Gasteiger partial charge >= 0.3 is 6.03 Å². The second-order valence-corrected chi connectivity index (χ2v) is 13.5. The normalized spacial score (nSPS) is 22.4. The molecule has 38 heavy (non-hydrogen) atoms. The largest absolute Gasteiger partial charge is 0.453 e. The van der Waals surface area contributed by atoms with E-state index < -0.39 is 16.1 Å². The van der Waals surface area contributed by atoms with Gasteiger partial charge in [-0.2, -0.15) is 4.31 Å². The number of carbonyl (C=O) groups is 2. The molecule has 1 aromatic carbocycles. The number of piperazine rings is 1. The van der Waals surface area contributed by atoms with Crippen LogP contribution in [0.2, 0.25) is 5.02 Å². The van der Waals surface area contributed by atoms with Gasteiger partial charge in [0.1, 0.15) is 4.21 Å². The monoisotopic (exact) mass is 582 g/mol. The summed E-state index contributed by atoms with van der Waals surface area (Å²) in [5, 5.41) is 2.82. The number of benzene rings is 1. The zero-order chi connectivity index (χ0) is 27.4. The van der Waals surface area contributed by atoms with E-state index in [4.69, 9.17) is 16.3 Å². The van der Waals surface area contributed by atoms with E-state index in [-0.39, 0.29) is 48.4 Å². The summed E-state index contributed by atoms with van der Waals surface area (Å²) in [6.07, 6.45) is 0.498. The van der Waals surface area contributed by atoms with Crippen LogP contribution in [0.25, 0.3) is 10.1 Å². The Kier molecular flexibility index (Phi) is 7.14. The molecule has 0 saturated carbocycles. The highest BCUT2D eigenvalue weighted by atomic mass is 35.5. The van der Waals surface area contributed by atoms with Crippen molar-refractivity contribution in [3.05, 3.63) is 40.9 Å². The molecular weight excluding hydrogens is 552 g/mol. The average molecular weight is 583 g/mol. The van der Waals surface area contributed by atoms with E-state index in [1.54, 1.807) is 43.3 Å². The van der Waals surface area contributed by atoms with Gasteiger partial charge in [-0.1, -0.05) is 17.7 Å². The van der Waals surface area contributed by atoms with E-state index in [1.165, 1.54) is 14.2 Å². The summed E-state index contributed by atoms with van der Waals surface area (Å²) < 4.78 is 35.5. The highest BCUT2D eigenvalue weighted by Crippen LogP contribution is 2.34. The Balaban J connectivity index is 1.37. The summed E-state index contributed by atoms with van der Waals surface area (Å²) in [6.45, 7) is 2.64. The molecule has 4 heterocycles. The zero-order valence-electron chi connectivity index (χ0n) is 21.7. The summed E-state index contributed by atoms with van der Waals surface area (Å²) >= 11 is 7.25. The minimum absolute atomic E-state index is 0.00480. The predicted octanol–water partition coefficient (Wildman–Crippen LogP) is 2.52. The topological polar surface area (TPSA) is 106 Å². The van der Waals surface area contributed by atoms with Gasteiger partial charge in [0.2, 0.25) is 11.8 Å². The first-order valence-corrected chi connectivity index (χ1v) is 15.0. The second kappa shape index (κ2) is 10.1. The maximum atomic E-state index is 13.6. The third-order valence-corrected chi connectivity index (χ3v) is 10.9. The fourth-order valence-corrected chi connectivity index (χ4v) is 8.16. The van der Waals surface area contributed by atoms with E-state index in [0.29, 0.717) is 23.9 Å². The lowest BCUT2D eigenvalue weighted by atomic mass is 10.1. The number of hydrogen-bond donors (Lipinski definition) is 1. The molecule has 3 amide bonds. The number of urea groups is 1. The predicted molar refractivity (Wildman–Crippen MR) is 145 cm³/mol. The van der Waals surface area contributed by atoms with Gasteiger partial charge < -0.3 is 19.4 Å². The van der Waals surface area contributed by atoms with Crippen molar-refractivity contribution in [1.29, 1.82) is 0 Å². The molecule has 2 aromatic rings. The summed E-state index contributed by atoms with van der Waals surface area (Å²) in [7, 11) is 1.39. The van der Waals surface area contributed by atoms with Crippen LogP contribution in [-0.2, 0) is 19.6 Å². The Morgan fingerprint density at radius 1 is 1.21 bits per heavy atom. The van der Waals surface area contributed by atoms with Gasteiger partial charge in [-0.25, -0.2) is 18.2 Å². The number of rotatable bonds is 4. The molecule has 2 unspecified atom stereocenters. The lowest BCUT2D eigenvalue weighted by Crippen LogP contribution is -2.62. The molecule has 11 nitrogen and oxygen atoms in total. The fourth-order valence-electron chi connectivity index (χ4n) is 4.86. The Labute approximate surface area is 231 Å². The Morgan fingerprint density at radius 3 is 2.71 bits per heavy atom. The molecule has 3 aliphatic heterocycles. The average Bonchev–Trinajstić information content (AvgIpc) is 3.43. The Hall–Kier alpha value is -2.74. The number of nitrogens with zero attached hydrogens (tertiary/aromatic N) is 5. The number of nitrogens with one attached hydrogen (secondary N) is 1. The van der Waals surface area contributed by atoms with Crippen molar-refractivity contribution in [2.75, 3.05) is 47.3 Å². The van der Waals surface area contributed by atoms with Crippen molar-refractivity contribution in [1.82, 2.24) is 29.4 Å². The number of fused-ring (bicyclic) bond motifs is 1. The SMILES string of the molecule is CC1OC2=C(CCN(C(=O)N3CCN(S(=O)(=O)c4cc5ccc(Cl)cc5s4)CC3CC(=O)N(C)C)N2)N1C. The molecular formula is C24H31ClN6O5S2. The zero-order valence-corrected chi connectivity index (χ0v) is 24.1. The number of sulfonamides is 1. The lowest BCUT2D eigenvalue weighted by molar-refractivity contribution is -0.130. The summed E-state index contributed by atoms with van der Waals surface area (Å²) in [4.78, 5) is 31.4. The van der Waals surface area contributed by atoms with Crippen LogP contribution in [0.1, 0.15) is 19.8 Å². The number of amides is 3. The summed E-state index contributed by atoms with van der Waals surface area (Å²) in [5.41, 5.74) is 4.08. The van der Waals surface area contributed by atoms with Gasteiger partial charge in [-0.05, 0) is 30.5 Å². The first kappa shape index (κ1) is 26.9. The third-order valence-electron chi connectivity index (χ3n) is 7.22. The number of hydrazine groups is 1. The van der Waals surface area contributed by atoms with E-state index >= 15 is 0 Å². The molecule has 206 valence electrons. The number of halogens is 1. The molecule has 1 saturated heterocycles. The van der Waals surface area contributed by atoms with Crippen molar-refractivity contribution in [3.63, 3.8) is 0 Å². The van der Waals surface area contributed by atoms with Crippen LogP contribution >= 0.6 is 22.9 Å². The van der Waals surface area contributed by atoms with Crippen LogP contribution in [0.15, 0.2) is 40.1 Å². The second-order valence-electron chi connectivity index (χ2n) is 9.85. The lowest BCUT2D eigenvalue weighted by Gasteiger charge is -2.43. The fraction of sp³-hybridized carbons (Fsp3) is 0.500. The highest BCUT2D eigenvalue weighted by Gasteiger charge is 2.41. The van der Waals surface area contributed by atoms with Crippen LogP contribution in [0.3, 0.4) is 0 Å². The maximum Gasteiger partial charge on any atom is 0.339 e. The standard InChI is InChI=1S/C24H31ClN6O5S2/c1-15-28(4)19-7-8-31(26-23(19)36-15)24(33)30-10-9-29(14-18(30)13-21(32)27(2)3)38(34,35)22-11-16-5-6-17(25)12-20(16)37-22/h5-6,11-12,15,18,26H,7-10,13-14H2,1-4H3. The molecule has 1 N–H and O–H groups in total. The number of carbonyl (C=O) groups excluding carboxylic acids is 2. The molecule has 3 aliphatic rings. The minimum atomic E-state index is -3.84. The maximum absolute atomic E-state index is 13.6. The molecule has 0 aliphatic carbocycles.